The molecule has 2 heterocycles. The first kappa shape index (κ1) is 29.1. The summed E-state index contributed by atoms with van der Waals surface area (Å²) in [5, 5.41) is 20.2. The molecule has 0 radical (unpaired) electrons. The van der Waals surface area contributed by atoms with E-state index in [0.717, 1.165) is 5.56 Å². The number of carbonyl (C=O) groups is 2. The van der Waals surface area contributed by atoms with Gasteiger partial charge in [-0.15, -0.1) is 10.2 Å². The van der Waals surface area contributed by atoms with Crippen LogP contribution in [0, 0.1) is 6.92 Å². The van der Waals surface area contributed by atoms with Gasteiger partial charge in [-0.05, 0) is 61.4 Å². The highest BCUT2D eigenvalue weighted by Gasteiger charge is 2.48. The summed E-state index contributed by atoms with van der Waals surface area (Å²) in [7, 11) is 0. The lowest BCUT2D eigenvalue weighted by atomic mass is 9.95. The van der Waals surface area contributed by atoms with Gasteiger partial charge in [0.15, 0.2) is 4.34 Å². The molecule has 8 nitrogen and oxygen atoms in total. The number of benzene rings is 3. The second kappa shape index (κ2) is 13.1. The second-order valence-electron chi connectivity index (χ2n) is 9.42. The SMILES string of the molecule is C=CCOc1ccc(C2/C(=C(/O)c3ccc(OCC)cc3)C(=O)C(=O)N2c2nnc(SCc3ccc(C)cc3)s2)cc1. The lowest BCUT2D eigenvalue weighted by molar-refractivity contribution is -0.132. The monoisotopic (exact) mass is 599 g/mol. The largest absolute Gasteiger partial charge is 0.507 e. The van der Waals surface area contributed by atoms with Gasteiger partial charge in [-0.1, -0.05) is 77.7 Å². The Kier molecular flexibility index (Phi) is 9.04. The predicted octanol–water partition coefficient (Wildman–Crippen LogP) is 6.73. The number of amides is 1. The van der Waals surface area contributed by atoms with Crippen LogP contribution in [0.3, 0.4) is 0 Å². The van der Waals surface area contributed by atoms with Crippen LogP contribution in [0.4, 0.5) is 5.13 Å². The Balaban J connectivity index is 1.51. The molecule has 1 saturated heterocycles. The van der Waals surface area contributed by atoms with Crippen LogP contribution in [-0.4, -0.2) is 40.2 Å². The number of hydrogen-bond donors (Lipinski definition) is 1. The highest BCUT2D eigenvalue weighted by atomic mass is 32.2. The van der Waals surface area contributed by atoms with E-state index in [2.05, 4.69) is 41.0 Å². The molecule has 1 aromatic heterocycles. The molecule has 5 rings (SSSR count). The van der Waals surface area contributed by atoms with Crippen molar-refractivity contribution < 1.29 is 24.2 Å². The van der Waals surface area contributed by atoms with E-state index in [0.29, 0.717) is 45.9 Å². The van der Waals surface area contributed by atoms with E-state index in [-0.39, 0.29) is 16.5 Å². The Morgan fingerprint density at radius 1 is 1.00 bits per heavy atom. The molecule has 1 fully saturated rings. The summed E-state index contributed by atoms with van der Waals surface area (Å²) in [5.41, 5.74) is 3.28. The summed E-state index contributed by atoms with van der Waals surface area (Å²) in [6.07, 6.45) is 1.64. The van der Waals surface area contributed by atoms with Crippen molar-refractivity contribution in [3.8, 4) is 11.5 Å². The van der Waals surface area contributed by atoms with Crippen LogP contribution in [0.1, 0.15) is 35.2 Å². The minimum Gasteiger partial charge on any atom is -0.507 e. The molecule has 1 amide bonds. The molecule has 42 heavy (non-hydrogen) atoms. The quantitative estimate of drug-likeness (QED) is 0.0506. The zero-order chi connectivity index (χ0) is 29.6. The normalized spacial score (nSPS) is 16.0. The van der Waals surface area contributed by atoms with Crippen LogP contribution in [-0.2, 0) is 15.3 Å². The Morgan fingerprint density at radius 2 is 1.67 bits per heavy atom. The topological polar surface area (TPSA) is 102 Å². The molecule has 4 aromatic rings. The Morgan fingerprint density at radius 3 is 2.33 bits per heavy atom. The van der Waals surface area contributed by atoms with E-state index < -0.39 is 17.7 Å². The first-order chi connectivity index (χ1) is 20.4. The average Bonchev–Trinajstić information content (AvgIpc) is 3.58. The Labute approximate surface area is 252 Å². The van der Waals surface area contributed by atoms with Gasteiger partial charge in [-0.25, -0.2) is 0 Å². The number of Topliss-reactive ketones (excluding diaryl/α,β-unsaturated/α-hetero) is 1. The van der Waals surface area contributed by atoms with E-state index >= 15 is 0 Å². The summed E-state index contributed by atoms with van der Waals surface area (Å²) in [6, 6.07) is 21.1. The van der Waals surface area contributed by atoms with E-state index in [1.165, 1.54) is 33.6 Å². The number of aliphatic hydroxyl groups excluding tert-OH is 1. The Bertz CT molecular complexity index is 1610. The summed E-state index contributed by atoms with van der Waals surface area (Å²) in [5.74, 6) is 0.0437. The van der Waals surface area contributed by atoms with E-state index in [1.807, 2.05) is 13.8 Å². The number of ether oxygens (including phenoxy) is 2. The molecule has 1 atom stereocenters. The fourth-order valence-electron chi connectivity index (χ4n) is 4.47. The molecule has 1 N–H and O–H groups in total. The van der Waals surface area contributed by atoms with Gasteiger partial charge in [0.25, 0.3) is 5.78 Å². The van der Waals surface area contributed by atoms with Crippen molar-refractivity contribution in [2.45, 2.75) is 30.0 Å². The van der Waals surface area contributed by atoms with Gasteiger partial charge in [0, 0.05) is 11.3 Å². The summed E-state index contributed by atoms with van der Waals surface area (Å²) in [6.45, 7) is 8.41. The number of aromatic nitrogens is 2. The van der Waals surface area contributed by atoms with Gasteiger partial charge in [-0.3, -0.25) is 14.5 Å². The summed E-state index contributed by atoms with van der Waals surface area (Å²) < 4.78 is 11.8. The van der Waals surface area contributed by atoms with Crippen LogP contribution in [0.25, 0.3) is 5.76 Å². The minimum absolute atomic E-state index is 0.0343. The molecule has 214 valence electrons. The third-order valence-corrected chi connectivity index (χ3v) is 8.66. The minimum atomic E-state index is -0.923. The molecule has 0 bridgehead atoms. The molecule has 0 saturated carbocycles. The standard InChI is InChI=1S/C32H29N3O5S2/c1-4-18-40-25-14-10-22(11-15-25)27-26(28(36)23-12-16-24(17-13-23)39-5-2)29(37)30(38)35(27)31-33-34-32(42-31)41-19-21-8-6-20(3)7-9-21/h4,6-17,27,36H,1,5,18-19H2,2-3H3/b28-26-. The first-order valence-corrected chi connectivity index (χ1v) is 15.1. The van der Waals surface area contributed by atoms with Crippen molar-refractivity contribution in [2.75, 3.05) is 18.1 Å². The Hall–Kier alpha value is -4.41. The lowest BCUT2D eigenvalue weighted by Gasteiger charge is -2.22. The van der Waals surface area contributed by atoms with Gasteiger partial charge < -0.3 is 14.6 Å². The fourth-order valence-corrected chi connectivity index (χ4v) is 6.29. The molecule has 0 aliphatic carbocycles. The van der Waals surface area contributed by atoms with Crippen molar-refractivity contribution in [1.29, 1.82) is 0 Å². The van der Waals surface area contributed by atoms with Gasteiger partial charge in [-0.2, -0.15) is 0 Å². The van der Waals surface area contributed by atoms with Gasteiger partial charge in [0.05, 0.1) is 18.2 Å². The number of anilines is 1. The number of thioether (sulfide) groups is 1. The molecular weight excluding hydrogens is 571 g/mol. The maximum atomic E-state index is 13.5. The molecule has 10 heteroatoms. The van der Waals surface area contributed by atoms with Crippen molar-refractivity contribution >= 4 is 45.7 Å². The molecule has 0 spiro atoms. The smallest absolute Gasteiger partial charge is 0.301 e. The number of nitrogens with zero attached hydrogens (tertiary/aromatic N) is 3. The number of hydrogen-bond acceptors (Lipinski definition) is 9. The molecule has 1 aliphatic heterocycles. The third kappa shape index (κ3) is 6.24. The predicted molar refractivity (Wildman–Crippen MR) is 165 cm³/mol. The van der Waals surface area contributed by atoms with Crippen molar-refractivity contribution in [2.24, 2.45) is 0 Å². The highest BCUT2D eigenvalue weighted by Crippen LogP contribution is 2.44. The summed E-state index contributed by atoms with van der Waals surface area (Å²) >= 11 is 2.73. The lowest BCUT2D eigenvalue weighted by Crippen LogP contribution is -2.29. The first-order valence-electron chi connectivity index (χ1n) is 13.3. The van der Waals surface area contributed by atoms with Crippen molar-refractivity contribution in [1.82, 2.24) is 10.2 Å². The number of ketones is 1. The van der Waals surface area contributed by atoms with Gasteiger partial charge >= 0.3 is 5.91 Å². The number of aliphatic hydroxyl groups is 1. The molecule has 1 aliphatic rings. The van der Waals surface area contributed by atoms with Crippen LogP contribution in [0.15, 0.2) is 95.4 Å². The van der Waals surface area contributed by atoms with E-state index in [1.54, 1.807) is 54.6 Å². The van der Waals surface area contributed by atoms with Crippen LogP contribution in [0.2, 0.25) is 0 Å². The van der Waals surface area contributed by atoms with Crippen LogP contribution in [0.5, 0.6) is 11.5 Å². The van der Waals surface area contributed by atoms with E-state index in [9.17, 15) is 14.7 Å². The maximum Gasteiger partial charge on any atom is 0.301 e. The van der Waals surface area contributed by atoms with Crippen molar-refractivity contribution in [3.63, 3.8) is 0 Å². The molecular formula is C32H29N3O5S2. The van der Waals surface area contributed by atoms with Gasteiger partial charge in [0.1, 0.15) is 23.9 Å². The molecule has 1 unspecified atom stereocenters. The van der Waals surface area contributed by atoms with Crippen LogP contribution < -0.4 is 14.4 Å². The van der Waals surface area contributed by atoms with Crippen LogP contribution >= 0.6 is 23.1 Å². The van der Waals surface area contributed by atoms with E-state index in [4.69, 9.17) is 9.47 Å². The third-order valence-electron chi connectivity index (χ3n) is 6.53. The number of rotatable bonds is 11. The fraction of sp³-hybridized carbons (Fsp3) is 0.188. The van der Waals surface area contributed by atoms with Crippen molar-refractivity contribution in [3.05, 3.63) is 113 Å². The highest BCUT2D eigenvalue weighted by molar-refractivity contribution is 8.00. The molecule has 3 aromatic carbocycles. The zero-order valence-corrected chi connectivity index (χ0v) is 24.8. The average molecular weight is 600 g/mol. The maximum absolute atomic E-state index is 13.5. The zero-order valence-electron chi connectivity index (χ0n) is 23.1. The number of carbonyl (C=O) groups excluding carboxylic acids is 2. The van der Waals surface area contributed by atoms with Gasteiger partial charge in [0.2, 0.25) is 5.13 Å². The number of aryl methyl sites for hydroxylation is 1. The second-order valence-corrected chi connectivity index (χ2v) is 11.6. The summed E-state index contributed by atoms with van der Waals surface area (Å²) in [4.78, 5) is 28.3.